The predicted octanol–water partition coefficient (Wildman–Crippen LogP) is 3.15. The normalized spacial score (nSPS) is 11.9. The lowest BCUT2D eigenvalue weighted by Gasteiger charge is -2.12. The van der Waals surface area contributed by atoms with Crippen molar-refractivity contribution in [3.8, 4) is 0 Å². The van der Waals surface area contributed by atoms with Gasteiger partial charge in [0.1, 0.15) is 0 Å². The fourth-order valence-corrected chi connectivity index (χ4v) is 3.27. The second-order valence-corrected chi connectivity index (χ2v) is 7.71. The van der Waals surface area contributed by atoms with Crippen LogP contribution in [0.1, 0.15) is 19.4 Å². The summed E-state index contributed by atoms with van der Waals surface area (Å²) >= 11 is 9.32. The third-order valence-corrected chi connectivity index (χ3v) is 4.77. The van der Waals surface area contributed by atoms with Crippen molar-refractivity contribution in [2.45, 2.75) is 26.8 Å². The molecule has 0 bridgehead atoms. The average Bonchev–Trinajstić information content (AvgIpc) is 2.24. The van der Waals surface area contributed by atoms with Crippen molar-refractivity contribution in [1.29, 1.82) is 0 Å². The number of hydrogen-bond donors (Lipinski definition) is 2. The van der Waals surface area contributed by atoms with Crippen molar-refractivity contribution < 1.29 is 8.42 Å². The first-order chi connectivity index (χ1) is 8.71. The fourth-order valence-electron chi connectivity index (χ4n) is 1.43. The molecule has 0 fully saturated rings. The molecule has 108 valence electrons. The second kappa shape index (κ2) is 6.92. The third-order valence-electron chi connectivity index (χ3n) is 2.44. The third kappa shape index (κ3) is 5.69. The van der Waals surface area contributed by atoms with Gasteiger partial charge >= 0.3 is 0 Å². The molecule has 1 rings (SSSR count). The Morgan fingerprint density at radius 3 is 2.58 bits per heavy atom. The van der Waals surface area contributed by atoms with Crippen molar-refractivity contribution in [1.82, 2.24) is 5.32 Å². The number of rotatable bonds is 6. The first-order valence-corrected chi connectivity index (χ1v) is 8.73. The topological polar surface area (TPSA) is 58.2 Å². The van der Waals surface area contributed by atoms with Crippen LogP contribution in [0.15, 0.2) is 16.6 Å². The average molecular weight is 370 g/mol. The lowest BCUT2D eigenvalue weighted by Crippen LogP contribution is -2.31. The van der Waals surface area contributed by atoms with Crippen LogP contribution in [0.4, 0.5) is 5.69 Å². The van der Waals surface area contributed by atoms with Gasteiger partial charge in [-0.1, -0.05) is 25.4 Å². The first kappa shape index (κ1) is 16.8. The Labute approximate surface area is 128 Å². The smallest absolute Gasteiger partial charge is 0.234 e. The van der Waals surface area contributed by atoms with Crippen LogP contribution in [-0.4, -0.2) is 26.8 Å². The highest BCUT2D eigenvalue weighted by Crippen LogP contribution is 2.29. The summed E-state index contributed by atoms with van der Waals surface area (Å²) in [5, 5.41) is 3.59. The molecule has 0 spiro atoms. The molecule has 0 saturated heterocycles. The zero-order chi connectivity index (χ0) is 14.6. The van der Waals surface area contributed by atoms with E-state index < -0.39 is 10.0 Å². The quantitative estimate of drug-likeness (QED) is 0.810. The van der Waals surface area contributed by atoms with Gasteiger partial charge in [-0.25, -0.2) is 8.42 Å². The molecule has 0 radical (unpaired) electrons. The lowest BCUT2D eigenvalue weighted by molar-refractivity contribution is 0.582. The maximum absolute atomic E-state index is 11.9. The SMILES string of the molecule is Cc1cc(Br)c(NS(=O)(=O)CCNC(C)C)cc1Cl. The van der Waals surface area contributed by atoms with Crippen LogP contribution in [0.2, 0.25) is 5.02 Å². The Balaban J connectivity index is 2.76. The van der Waals surface area contributed by atoms with Crippen LogP contribution in [0, 0.1) is 6.92 Å². The zero-order valence-corrected chi connectivity index (χ0v) is 14.3. The van der Waals surface area contributed by atoms with Gasteiger partial charge in [0.05, 0.1) is 11.4 Å². The van der Waals surface area contributed by atoms with E-state index in [-0.39, 0.29) is 11.8 Å². The van der Waals surface area contributed by atoms with E-state index >= 15 is 0 Å². The molecule has 7 heteroatoms. The van der Waals surface area contributed by atoms with Gasteiger partial charge in [-0.05, 0) is 40.5 Å². The van der Waals surface area contributed by atoms with Crippen molar-refractivity contribution in [3.05, 3.63) is 27.2 Å². The number of nitrogens with one attached hydrogen (secondary N) is 2. The molecule has 0 aliphatic rings. The molecule has 1 aromatic rings. The van der Waals surface area contributed by atoms with Crippen LogP contribution in [0.25, 0.3) is 0 Å². The molecule has 0 aromatic heterocycles. The lowest BCUT2D eigenvalue weighted by atomic mass is 10.2. The molecule has 0 aliphatic carbocycles. The van der Waals surface area contributed by atoms with E-state index in [0.29, 0.717) is 21.7 Å². The maximum Gasteiger partial charge on any atom is 0.234 e. The van der Waals surface area contributed by atoms with Crippen LogP contribution < -0.4 is 10.0 Å². The number of anilines is 1. The minimum atomic E-state index is -3.38. The summed E-state index contributed by atoms with van der Waals surface area (Å²) in [6.45, 7) is 6.20. The highest BCUT2D eigenvalue weighted by atomic mass is 79.9. The zero-order valence-electron chi connectivity index (χ0n) is 11.1. The Hall–Kier alpha value is -0.300. The van der Waals surface area contributed by atoms with E-state index in [9.17, 15) is 8.42 Å². The largest absolute Gasteiger partial charge is 0.313 e. The molecule has 0 heterocycles. The molecule has 19 heavy (non-hydrogen) atoms. The second-order valence-electron chi connectivity index (χ2n) is 4.61. The molecule has 0 atom stereocenters. The van der Waals surface area contributed by atoms with E-state index in [0.717, 1.165) is 5.56 Å². The van der Waals surface area contributed by atoms with Gasteiger partial charge in [0.2, 0.25) is 10.0 Å². The Morgan fingerprint density at radius 1 is 1.37 bits per heavy atom. The number of hydrogen-bond acceptors (Lipinski definition) is 3. The van der Waals surface area contributed by atoms with Crippen LogP contribution in [0.5, 0.6) is 0 Å². The molecule has 0 unspecified atom stereocenters. The Kier molecular flexibility index (Phi) is 6.11. The molecule has 2 N–H and O–H groups in total. The molecule has 0 saturated carbocycles. The molecule has 0 amide bonds. The minimum Gasteiger partial charge on any atom is -0.313 e. The minimum absolute atomic E-state index is 0.0170. The number of sulfonamides is 1. The summed E-state index contributed by atoms with van der Waals surface area (Å²) in [6.07, 6.45) is 0. The van der Waals surface area contributed by atoms with Gasteiger partial charge in [-0.3, -0.25) is 4.72 Å². The van der Waals surface area contributed by atoms with Gasteiger partial charge in [-0.2, -0.15) is 0 Å². The summed E-state index contributed by atoms with van der Waals surface area (Å²) in [4.78, 5) is 0. The van der Waals surface area contributed by atoms with Crippen molar-refractivity contribution >= 4 is 43.2 Å². The number of halogens is 2. The van der Waals surface area contributed by atoms with Crippen LogP contribution >= 0.6 is 27.5 Å². The van der Waals surface area contributed by atoms with Crippen molar-refractivity contribution in [3.63, 3.8) is 0 Å². The van der Waals surface area contributed by atoms with Gasteiger partial charge < -0.3 is 5.32 Å². The monoisotopic (exact) mass is 368 g/mol. The number of benzene rings is 1. The summed E-state index contributed by atoms with van der Waals surface area (Å²) < 4.78 is 27.0. The molecule has 4 nitrogen and oxygen atoms in total. The fraction of sp³-hybridized carbons (Fsp3) is 0.500. The van der Waals surface area contributed by atoms with Crippen molar-refractivity contribution in [2.75, 3.05) is 17.0 Å². The van der Waals surface area contributed by atoms with Crippen LogP contribution in [0.3, 0.4) is 0 Å². The van der Waals surface area contributed by atoms with Crippen molar-refractivity contribution in [2.24, 2.45) is 0 Å². The van der Waals surface area contributed by atoms with E-state index in [2.05, 4.69) is 26.0 Å². The standard InChI is InChI=1S/C12H18BrClN2O2S/c1-8(2)15-4-5-19(17,18)16-12-7-11(14)9(3)6-10(12)13/h6-8,15-16H,4-5H2,1-3H3. The Bertz CT molecular complexity index is 547. The molecular formula is C12H18BrClN2O2S. The van der Waals surface area contributed by atoms with E-state index in [1.807, 2.05) is 20.8 Å². The van der Waals surface area contributed by atoms with Gasteiger partial charge in [0.25, 0.3) is 0 Å². The predicted molar refractivity (Wildman–Crippen MR) is 84.4 cm³/mol. The first-order valence-electron chi connectivity index (χ1n) is 5.91. The summed E-state index contributed by atoms with van der Waals surface area (Å²) in [5.74, 6) is 0.0170. The maximum atomic E-state index is 11.9. The van der Waals surface area contributed by atoms with E-state index in [1.54, 1.807) is 12.1 Å². The number of aryl methyl sites for hydroxylation is 1. The Morgan fingerprint density at radius 2 is 2.00 bits per heavy atom. The summed E-state index contributed by atoms with van der Waals surface area (Å²) in [6, 6.07) is 3.65. The summed E-state index contributed by atoms with van der Waals surface area (Å²) in [7, 11) is -3.38. The molecular weight excluding hydrogens is 352 g/mol. The highest BCUT2D eigenvalue weighted by molar-refractivity contribution is 9.10. The molecule has 0 aliphatic heterocycles. The van der Waals surface area contributed by atoms with Gasteiger partial charge in [-0.15, -0.1) is 0 Å². The van der Waals surface area contributed by atoms with E-state index in [1.165, 1.54) is 0 Å². The highest BCUT2D eigenvalue weighted by Gasteiger charge is 2.13. The van der Waals surface area contributed by atoms with E-state index in [4.69, 9.17) is 11.6 Å². The van der Waals surface area contributed by atoms with Gasteiger partial charge in [0, 0.05) is 22.1 Å². The van der Waals surface area contributed by atoms with Gasteiger partial charge in [0.15, 0.2) is 0 Å². The summed E-state index contributed by atoms with van der Waals surface area (Å²) in [5.41, 5.74) is 1.35. The van der Waals surface area contributed by atoms with Crippen LogP contribution in [-0.2, 0) is 10.0 Å². The molecule has 1 aromatic carbocycles.